The highest BCUT2D eigenvalue weighted by Crippen LogP contribution is 1.95. The summed E-state index contributed by atoms with van der Waals surface area (Å²) in [6.07, 6.45) is 0. The Balaban J connectivity index is 2.57. The zero-order valence-electron chi connectivity index (χ0n) is 5.88. The minimum absolute atomic E-state index is 0.281. The van der Waals surface area contributed by atoms with E-state index in [1.165, 1.54) is 0 Å². The van der Waals surface area contributed by atoms with Crippen molar-refractivity contribution in [3.63, 3.8) is 0 Å². The molecule has 11 heavy (non-hydrogen) atoms. The molecule has 0 saturated carbocycles. The van der Waals surface area contributed by atoms with Crippen molar-refractivity contribution >= 4 is 31.3 Å². The van der Waals surface area contributed by atoms with Gasteiger partial charge in [-0.3, -0.25) is 5.10 Å². The lowest BCUT2D eigenvalue weighted by atomic mass is 10.4. The Morgan fingerprint density at radius 1 is 1.73 bits per heavy atom. The molecule has 0 aliphatic heterocycles. The fraction of sp³-hybridized carbons (Fsp3) is 0.250. The van der Waals surface area contributed by atoms with Gasteiger partial charge in [-0.05, 0) is 19.1 Å². The fourth-order valence-corrected chi connectivity index (χ4v) is 0.628. The number of hydrogen-bond acceptors (Lipinski definition) is 3. The number of aryl methyl sites for hydroxylation is 1. The molecule has 1 aromatic heterocycles. The van der Waals surface area contributed by atoms with E-state index < -0.39 is 0 Å². The van der Waals surface area contributed by atoms with E-state index in [2.05, 4.69) is 25.7 Å². The SMILES string of the molecule is [B]NC(=S)Nc1n[nH]c(C)n1. The summed E-state index contributed by atoms with van der Waals surface area (Å²) >= 11 is 4.71. The highest BCUT2D eigenvalue weighted by molar-refractivity contribution is 7.80. The van der Waals surface area contributed by atoms with E-state index in [-0.39, 0.29) is 5.11 Å². The Morgan fingerprint density at radius 3 is 2.91 bits per heavy atom. The summed E-state index contributed by atoms with van der Waals surface area (Å²) in [6, 6.07) is 0. The van der Waals surface area contributed by atoms with Crippen molar-refractivity contribution in [2.75, 3.05) is 5.32 Å². The van der Waals surface area contributed by atoms with E-state index >= 15 is 0 Å². The van der Waals surface area contributed by atoms with Crippen molar-refractivity contribution in [1.82, 2.24) is 20.4 Å². The molecule has 56 valence electrons. The van der Waals surface area contributed by atoms with Gasteiger partial charge in [-0.25, -0.2) is 0 Å². The maximum absolute atomic E-state index is 5.01. The predicted octanol–water partition coefficient (Wildman–Crippen LogP) is -0.517. The summed E-state index contributed by atoms with van der Waals surface area (Å²) in [5.41, 5.74) is 0. The van der Waals surface area contributed by atoms with Crippen molar-refractivity contribution < 1.29 is 0 Å². The maximum Gasteiger partial charge on any atom is 0.248 e. The Kier molecular flexibility index (Phi) is 2.42. The first-order chi connectivity index (χ1) is 5.22. The van der Waals surface area contributed by atoms with Crippen LogP contribution in [-0.4, -0.2) is 28.3 Å². The number of anilines is 1. The standard InChI is InChI=1S/C4H6BN5S/c1-2-6-3(10-9-2)7-4(11)8-5/h1H3,(H3,6,7,8,9,10,11). The van der Waals surface area contributed by atoms with Crippen molar-refractivity contribution in [3.8, 4) is 0 Å². The molecule has 0 spiro atoms. The Hall–Kier alpha value is -1.11. The molecule has 0 fully saturated rings. The lowest BCUT2D eigenvalue weighted by Crippen LogP contribution is -2.26. The zero-order valence-corrected chi connectivity index (χ0v) is 6.70. The number of aromatic amines is 1. The highest BCUT2D eigenvalue weighted by atomic mass is 32.1. The third-order valence-electron chi connectivity index (χ3n) is 0.954. The monoisotopic (exact) mass is 167 g/mol. The van der Waals surface area contributed by atoms with E-state index in [1.54, 1.807) is 6.92 Å². The molecule has 0 aliphatic carbocycles. The van der Waals surface area contributed by atoms with E-state index in [4.69, 9.17) is 20.2 Å². The molecule has 2 radical (unpaired) electrons. The minimum Gasteiger partial charge on any atom is -0.415 e. The first kappa shape index (κ1) is 8.00. The van der Waals surface area contributed by atoms with Gasteiger partial charge in [0.1, 0.15) is 5.82 Å². The molecule has 3 N–H and O–H groups in total. The molecule has 5 nitrogen and oxygen atoms in total. The topological polar surface area (TPSA) is 65.6 Å². The van der Waals surface area contributed by atoms with Crippen LogP contribution in [0.4, 0.5) is 5.95 Å². The first-order valence-corrected chi connectivity index (χ1v) is 3.30. The van der Waals surface area contributed by atoms with Gasteiger partial charge in [-0.15, -0.1) is 5.10 Å². The first-order valence-electron chi connectivity index (χ1n) is 2.89. The van der Waals surface area contributed by atoms with Gasteiger partial charge in [0, 0.05) is 0 Å². The molecule has 0 aliphatic rings. The van der Waals surface area contributed by atoms with Crippen LogP contribution < -0.4 is 10.5 Å². The summed E-state index contributed by atoms with van der Waals surface area (Å²) in [7, 11) is 5.01. The van der Waals surface area contributed by atoms with Crippen LogP contribution in [0.15, 0.2) is 0 Å². The Morgan fingerprint density at radius 2 is 2.45 bits per heavy atom. The van der Waals surface area contributed by atoms with E-state index in [1.807, 2.05) is 0 Å². The largest absolute Gasteiger partial charge is 0.415 e. The lowest BCUT2D eigenvalue weighted by Gasteiger charge is -2.00. The minimum atomic E-state index is 0.281. The Bertz CT molecular complexity index is 259. The van der Waals surface area contributed by atoms with E-state index in [9.17, 15) is 0 Å². The van der Waals surface area contributed by atoms with Gasteiger partial charge in [0.25, 0.3) is 0 Å². The summed E-state index contributed by atoms with van der Waals surface area (Å²) < 4.78 is 0. The molecule has 0 amide bonds. The van der Waals surface area contributed by atoms with Crippen LogP contribution in [0.1, 0.15) is 5.82 Å². The van der Waals surface area contributed by atoms with Crippen LogP contribution in [0.5, 0.6) is 0 Å². The summed E-state index contributed by atoms with van der Waals surface area (Å²) in [6.45, 7) is 1.79. The second-order valence-electron chi connectivity index (χ2n) is 1.84. The number of thiocarbonyl (C=S) groups is 1. The molecule has 0 aromatic carbocycles. The number of aromatic nitrogens is 3. The van der Waals surface area contributed by atoms with Crippen molar-refractivity contribution in [2.45, 2.75) is 6.92 Å². The number of nitrogens with zero attached hydrogens (tertiary/aromatic N) is 2. The van der Waals surface area contributed by atoms with Crippen molar-refractivity contribution in [1.29, 1.82) is 0 Å². The van der Waals surface area contributed by atoms with E-state index in [0.717, 1.165) is 0 Å². The van der Waals surface area contributed by atoms with Gasteiger partial charge in [0.05, 0.1) is 0 Å². The van der Waals surface area contributed by atoms with Gasteiger partial charge in [-0.2, -0.15) is 4.98 Å². The summed E-state index contributed by atoms with van der Waals surface area (Å²) in [5.74, 6) is 1.12. The van der Waals surface area contributed by atoms with Crippen molar-refractivity contribution in [2.24, 2.45) is 0 Å². The number of hydrogen-bond donors (Lipinski definition) is 3. The fourth-order valence-electron chi connectivity index (χ4n) is 0.536. The number of nitrogens with one attached hydrogen (secondary N) is 3. The number of H-pyrrole nitrogens is 1. The van der Waals surface area contributed by atoms with Gasteiger partial charge in [0.15, 0.2) is 5.11 Å². The van der Waals surface area contributed by atoms with Gasteiger partial charge in [0.2, 0.25) is 13.9 Å². The maximum atomic E-state index is 5.01. The zero-order chi connectivity index (χ0) is 8.27. The van der Waals surface area contributed by atoms with Crippen LogP contribution in [0, 0.1) is 6.92 Å². The number of rotatable bonds is 1. The van der Waals surface area contributed by atoms with Crippen LogP contribution in [0.2, 0.25) is 0 Å². The second kappa shape index (κ2) is 3.33. The average Bonchev–Trinajstić information content (AvgIpc) is 2.35. The highest BCUT2D eigenvalue weighted by Gasteiger charge is 1.98. The van der Waals surface area contributed by atoms with Crippen LogP contribution in [-0.2, 0) is 0 Å². The quantitative estimate of drug-likeness (QED) is 0.388. The third-order valence-corrected chi connectivity index (χ3v) is 1.17. The molecule has 1 rings (SSSR count). The Labute approximate surface area is 70.4 Å². The van der Waals surface area contributed by atoms with Crippen LogP contribution in [0.25, 0.3) is 0 Å². The molecule has 0 unspecified atom stereocenters. The van der Waals surface area contributed by atoms with Crippen molar-refractivity contribution in [3.05, 3.63) is 5.82 Å². The second-order valence-corrected chi connectivity index (χ2v) is 2.25. The molecule has 1 heterocycles. The third kappa shape index (κ3) is 2.19. The molecule has 7 heteroatoms. The smallest absolute Gasteiger partial charge is 0.248 e. The molecular formula is C4H6BN5S. The predicted molar refractivity (Wildman–Crippen MR) is 46.2 cm³/mol. The summed E-state index contributed by atoms with van der Waals surface area (Å²) in [5, 5.41) is 11.6. The van der Waals surface area contributed by atoms with Crippen LogP contribution in [0.3, 0.4) is 0 Å². The van der Waals surface area contributed by atoms with Gasteiger partial charge < -0.3 is 10.5 Å². The average molecular weight is 167 g/mol. The van der Waals surface area contributed by atoms with Crippen LogP contribution >= 0.6 is 12.2 Å². The van der Waals surface area contributed by atoms with E-state index in [0.29, 0.717) is 11.8 Å². The molecule has 0 atom stereocenters. The molecular weight excluding hydrogens is 161 g/mol. The molecule has 0 bridgehead atoms. The lowest BCUT2D eigenvalue weighted by molar-refractivity contribution is 1.04. The summed E-state index contributed by atoms with van der Waals surface area (Å²) in [4.78, 5) is 3.94. The van der Waals surface area contributed by atoms with Gasteiger partial charge in [-0.1, -0.05) is 0 Å². The van der Waals surface area contributed by atoms with Gasteiger partial charge >= 0.3 is 0 Å². The molecule has 1 aromatic rings. The molecule has 0 saturated heterocycles. The normalized spacial score (nSPS) is 9.18.